The summed E-state index contributed by atoms with van der Waals surface area (Å²) in [4.78, 5) is 6.50. The van der Waals surface area contributed by atoms with E-state index < -0.39 is 0 Å². The Balaban J connectivity index is 1.85. The van der Waals surface area contributed by atoms with Gasteiger partial charge in [0.2, 0.25) is 0 Å². The first-order chi connectivity index (χ1) is 8.66. The van der Waals surface area contributed by atoms with Crippen LogP contribution in [0, 0.1) is 5.92 Å². The van der Waals surface area contributed by atoms with Crippen molar-refractivity contribution in [3.63, 3.8) is 0 Å². The summed E-state index contributed by atoms with van der Waals surface area (Å²) >= 11 is 0. The Morgan fingerprint density at radius 2 is 1.83 bits per heavy atom. The van der Waals surface area contributed by atoms with Crippen molar-refractivity contribution < 1.29 is 0 Å². The molecule has 2 rings (SSSR count). The Morgan fingerprint density at radius 1 is 1.22 bits per heavy atom. The summed E-state index contributed by atoms with van der Waals surface area (Å²) in [5.41, 5.74) is 1.32. The maximum atomic E-state index is 4.07. The lowest BCUT2D eigenvalue weighted by Gasteiger charge is -2.34. The maximum Gasteiger partial charge on any atom is 0.0295 e. The van der Waals surface area contributed by atoms with Crippen LogP contribution in [0.5, 0.6) is 0 Å². The number of piperidine rings is 1. The van der Waals surface area contributed by atoms with E-state index >= 15 is 0 Å². The van der Waals surface area contributed by atoms with E-state index in [2.05, 4.69) is 48.2 Å². The molecule has 3 nitrogen and oxygen atoms in total. The van der Waals surface area contributed by atoms with Crippen LogP contribution in [-0.2, 0) is 0 Å². The van der Waals surface area contributed by atoms with Gasteiger partial charge in [-0.15, -0.1) is 0 Å². The van der Waals surface area contributed by atoms with Crippen LogP contribution in [-0.4, -0.2) is 36.1 Å². The molecule has 0 radical (unpaired) electrons. The largest absolute Gasteiger partial charge is 0.307 e. The molecule has 0 saturated carbocycles. The normalized spacial score (nSPS) is 21.7. The van der Waals surface area contributed by atoms with Crippen molar-refractivity contribution in [1.82, 2.24) is 15.2 Å². The minimum Gasteiger partial charge on any atom is -0.307 e. The van der Waals surface area contributed by atoms with E-state index in [0.717, 1.165) is 5.92 Å². The first kappa shape index (κ1) is 13.5. The summed E-state index contributed by atoms with van der Waals surface area (Å²) in [5.74, 6) is 0.811. The average Bonchev–Trinajstić information content (AvgIpc) is 2.40. The molecule has 0 amide bonds. The summed E-state index contributed by atoms with van der Waals surface area (Å²) in [6, 6.07) is 5.18. The van der Waals surface area contributed by atoms with Gasteiger partial charge in [-0.1, -0.05) is 0 Å². The van der Waals surface area contributed by atoms with Gasteiger partial charge in [0, 0.05) is 24.5 Å². The Kier molecular flexibility index (Phi) is 4.72. The SMILES string of the molecule is CC(N[C@@H](C)c1ccncc1)C1CCN(C)CC1. The summed E-state index contributed by atoms with van der Waals surface area (Å²) in [5, 5.41) is 3.73. The van der Waals surface area contributed by atoms with Crippen molar-refractivity contribution in [3.05, 3.63) is 30.1 Å². The molecule has 1 aromatic heterocycles. The molecule has 0 spiro atoms. The Bertz CT molecular complexity index is 344. The van der Waals surface area contributed by atoms with Crippen molar-refractivity contribution in [2.45, 2.75) is 38.8 Å². The first-order valence-corrected chi connectivity index (χ1v) is 7.01. The Morgan fingerprint density at radius 3 is 2.44 bits per heavy atom. The maximum absolute atomic E-state index is 4.07. The molecule has 1 aliphatic heterocycles. The van der Waals surface area contributed by atoms with Gasteiger partial charge in [0.1, 0.15) is 0 Å². The number of pyridine rings is 1. The second kappa shape index (κ2) is 6.30. The van der Waals surface area contributed by atoms with Gasteiger partial charge < -0.3 is 10.2 Å². The van der Waals surface area contributed by atoms with Crippen LogP contribution in [0.1, 0.15) is 38.3 Å². The van der Waals surface area contributed by atoms with Crippen molar-refractivity contribution in [2.75, 3.05) is 20.1 Å². The highest BCUT2D eigenvalue weighted by molar-refractivity contribution is 5.14. The molecular weight excluding hydrogens is 222 g/mol. The van der Waals surface area contributed by atoms with Gasteiger partial charge in [-0.3, -0.25) is 4.98 Å². The summed E-state index contributed by atoms with van der Waals surface area (Å²) < 4.78 is 0. The fourth-order valence-electron chi connectivity index (χ4n) is 2.81. The summed E-state index contributed by atoms with van der Waals surface area (Å²) in [6.07, 6.45) is 6.36. The van der Waals surface area contributed by atoms with E-state index in [1.165, 1.54) is 31.5 Å². The topological polar surface area (TPSA) is 28.2 Å². The molecule has 1 N–H and O–H groups in total. The third-order valence-electron chi connectivity index (χ3n) is 4.19. The molecule has 2 atom stereocenters. The molecule has 1 fully saturated rings. The molecule has 0 bridgehead atoms. The third-order valence-corrected chi connectivity index (χ3v) is 4.19. The highest BCUT2D eigenvalue weighted by atomic mass is 15.1. The summed E-state index contributed by atoms with van der Waals surface area (Å²) in [7, 11) is 2.22. The van der Waals surface area contributed by atoms with Crippen molar-refractivity contribution in [1.29, 1.82) is 0 Å². The lowest BCUT2D eigenvalue weighted by Crippen LogP contribution is -2.41. The van der Waals surface area contributed by atoms with E-state index in [9.17, 15) is 0 Å². The van der Waals surface area contributed by atoms with E-state index in [1.54, 1.807) is 0 Å². The van der Waals surface area contributed by atoms with Gasteiger partial charge in [0.25, 0.3) is 0 Å². The number of hydrogen-bond donors (Lipinski definition) is 1. The van der Waals surface area contributed by atoms with Crippen LogP contribution >= 0.6 is 0 Å². The Hall–Kier alpha value is -0.930. The Labute approximate surface area is 111 Å². The highest BCUT2D eigenvalue weighted by Crippen LogP contribution is 2.22. The van der Waals surface area contributed by atoms with E-state index in [-0.39, 0.29) is 0 Å². The molecular formula is C15H25N3. The molecule has 1 saturated heterocycles. The molecule has 2 heterocycles. The number of nitrogens with one attached hydrogen (secondary N) is 1. The molecule has 1 aromatic rings. The molecule has 18 heavy (non-hydrogen) atoms. The minimum atomic E-state index is 0.405. The van der Waals surface area contributed by atoms with Crippen molar-refractivity contribution in [3.8, 4) is 0 Å². The van der Waals surface area contributed by atoms with Gasteiger partial charge in [-0.25, -0.2) is 0 Å². The van der Waals surface area contributed by atoms with E-state index in [0.29, 0.717) is 12.1 Å². The quantitative estimate of drug-likeness (QED) is 0.886. The van der Waals surface area contributed by atoms with Gasteiger partial charge in [-0.05, 0) is 70.4 Å². The first-order valence-electron chi connectivity index (χ1n) is 7.01. The fraction of sp³-hybridized carbons (Fsp3) is 0.667. The van der Waals surface area contributed by atoms with Crippen molar-refractivity contribution >= 4 is 0 Å². The second-order valence-electron chi connectivity index (χ2n) is 5.60. The average molecular weight is 247 g/mol. The predicted molar refractivity (Wildman–Crippen MR) is 75.5 cm³/mol. The van der Waals surface area contributed by atoms with Gasteiger partial charge in [0.05, 0.1) is 0 Å². The van der Waals surface area contributed by atoms with Gasteiger partial charge in [0.15, 0.2) is 0 Å². The predicted octanol–water partition coefficient (Wildman–Crippen LogP) is 2.46. The number of nitrogens with zero attached hydrogens (tertiary/aromatic N) is 2. The standard InChI is InChI=1S/C15H25N3/c1-12(14-4-8-16-9-5-14)17-13(2)15-6-10-18(3)11-7-15/h4-5,8-9,12-13,15,17H,6-7,10-11H2,1-3H3/t12-,13?/m0/s1. The second-order valence-corrected chi connectivity index (χ2v) is 5.60. The number of likely N-dealkylation sites (tertiary alicyclic amines) is 1. The van der Waals surface area contributed by atoms with Crippen LogP contribution in [0.2, 0.25) is 0 Å². The zero-order valence-corrected chi connectivity index (χ0v) is 11.8. The number of aromatic nitrogens is 1. The third kappa shape index (κ3) is 3.53. The smallest absolute Gasteiger partial charge is 0.0295 e. The van der Waals surface area contributed by atoms with E-state index in [1.807, 2.05) is 12.4 Å². The van der Waals surface area contributed by atoms with E-state index in [4.69, 9.17) is 0 Å². The molecule has 1 unspecified atom stereocenters. The van der Waals surface area contributed by atoms with Crippen LogP contribution in [0.4, 0.5) is 0 Å². The van der Waals surface area contributed by atoms with Gasteiger partial charge >= 0.3 is 0 Å². The monoisotopic (exact) mass is 247 g/mol. The molecule has 3 heteroatoms. The van der Waals surface area contributed by atoms with Crippen LogP contribution < -0.4 is 5.32 Å². The van der Waals surface area contributed by atoms with Crippen molar-refractivity contribution in [2.24, 2.45) is 5.92 Å². The lowest BCUT2D eigenvalue weighted by molar-refractivity contribution is 0.185. The zero-order valence-electron chi connectivity index (χ0n) is 11.8. The van der Waals surface area contributed by atoms with Gasteiger partial charge in [-0.2, -0.15) is 0 Å². The molecule has 100 valence electrons. The highest BCUT2D eigenvalue weighted by Gasteiger charge is 2.23. The number of rotatable bonds is 4. The van der Waals surface area contributed by atoms with Crippen LogP contribution in [0.15, 0.2) is 24.5 Å². The number of hydrogen-bond acceptors (Lipinski definition) is 3. The lowest BCUT2D eigenvalue weighted by atomic mass is 9.90. The van der Waals surface area contributed by atoms with Crippen LogP contribution in [0.3, 0.4) is 0 Å². The van der Waals surface area contributed by atoms with Crippen LogP contribution in [0.25, 0.3) is 0 Å². The fourth-order valence-corrected chi connectivity index (χ4v) is 2.81. The molecule has 0 aliphatic carbocycles. The molecule has 0 aromatic carbocycles. The minimum absolute atomic E-state index is 0.405. The zero-order chi connectivity index (χ0) is 13.0. The summed E-state index contributed by atoms with van der Waals surface area (Å²) in [6.45, 7) is 7.04. The molecule has 1 aliphatic rings.